The summed E-state index contributed by atoms with van der Waals surface area (Å²) in [5.41, 5.74) is 14.5. The van der Waals surface area contributed by atoms with Crippen LogP contribution in [-0.4, -0.2) is 29.9 Å². The number of hydrogen-bond acceptors (Lipinski definition) is 6. The number of aromatic nitrogens is 9. The molecule has 0 saturated heterocycles. The van der Waals surface area contributed by atoms with Crippen LogP contribution >= 0.6 is 0 Å². The van der Waals surface area contributed by atoms with Crippen molar-refractivity contribution < 1.29 is 34.3 Å². The summed E-state index contributed by atoms with van der Waals surface area (Å²) < 4.78 is 119. The van der Waals surface area contributed by atoms with Crippen molar-refractivity contribution in [3.8, 4) is 67.2 Å². The van der Waals surface area contributed by atoms with Gasteiger partial charge in [0.1, 0.15) is 38.6 Å². The van der Waals surface area contributed by atoms with E-state index in [1.165, 1.54) is 30.4 Å². The SMILES string of the molecule is [2H]C([2H])([2H])C([2H])([2H])c1ncc(-c2cc[n+](C)c(-c3ccccc3C)c2)cn1.[2H]C([2H])([2H])C([2H])(c1ncc(-c2cc[n+](C)c(-c3ccccc3C)c2)cn1)C([2H])([2H])[2H].[2H]C([2H])([2H])c1ncc(-c2cc[n+](C)c(-c3ccccc3C)c2)cn1. The van der Waals surface area contributed by atoms with Crippen LogP contribution in [-0.2, 0) is 27.5 Å². The zero-order valence-corrected chi connectivity index (χ0v) is 37.6. The first kappa shape index (κ1) is 30.5. The maximum atomic E-state index is 8.18. The van der Waals surface area contributed by atoms with Crippen molar-refractivity contribution >= 4 is 0 Å². The zero-order chi connectivity index (χ0) is 59.5. The monoisotopic (exact) mass is 886 g/mol. The summed E-state index contributed by atoms with van der Waals surface area (Å²) in [6.07, 6.45) is 12.0. The Morgan fingerprint density at radius 2 is 0.848 bits per heavy atom. The number of pyridine rings is 3. The van der Waals surface area contributed by atoms with Crippen LogP contribution in [0.2, 0.25) is 0 Å². The second-order valence-electron chi connectivity index (χ2n) is 15.6. The number of rotatable bonds is 8. The van der Waals surface area contributed by atoms with Crippen molar-refractivity contribution in [2.75, 3.05) is 0 Å². The summed E-state index contributed by atoms with van der Waals surface area (Å²) in [7, 11) is 5.90. The molecule has 0 unspecified atom stereocenters. The Labute approximate surface area is 411 Å². The fourth-order valence-electron chi connectivity index (χ4n) is 7.26. The fraction of sp³-hybridized carbons (Fsp3) is 0.211. The van der Waals surface area contributed by atoms with Gasteiger partial charge in [0.15, 0.2) is 18.6 Å². The van der Waals surface area contributed by atoms with Crippen LogP contribution < -0.4 is 13.7 Å². The molecule has 0 amide bonds. The summed E-state index contributed by atoms with van der Waals surface area (Å²) in [6.45, 7) is -5.18. The molecule has 9 heteroatoms. The molecule has 0 aliphatic heterocycles. The van der Waals surface area contributed by atoms with E-state index in [2.05, 4.69) is 78.7 Å². The first-order valence-electron chi connectivity index (χ1n) is 28.5. The Kier molecular flexibility index (Phi) is 9.86. The van der Waals surface area contributed by atoms with Crippen molar-refractivity contribution in [2.24, 2.45) is 21.1 Å². The standard InChI is InChI=1S/C20H22N3.C19H20N3.C18H18N3/c1-14(2)20-21-12-17(13-22-20)16-9-10-23(4)19(11-16)18-8-6-5-7-15(18)3;1-4-19-20-12-16(13-21-19)15-9-10-22(3)18(11-15)17-8-6-5-7-14(17)2;1-13-6-4-5-7-17(13)18-10-15(8-9-21(18)3)16-11-19-14(2)20-12-16/h5-14H,1-4H3;5-13H,4H2,1-3H3;4-12H,1-3H3/q3*+1/i1D3,2D3,14D;1D3,4D2;2D3. The predicted molar refractivity (Wildman–Crippen MR) is 265 cm³/mol. The highest BCUT2D eigenvalue weighted by Gasteiger charge is 2.17. The molecule has 330 valence electrons. The average Bonchev–Trinajstić information content (AvgIpc) is 3.21. The Morgan fingerprint density at radius 1 is 0.485 bits per heavy atom. The van der Waals surface area contributed by atoms with Gasteiger partial charge in [-0.2, -0.15) is 0 Å². The summed E-state index contributed by atoms with van der Waals surface area (Å²) in [5, 5.41) is 0. The van der Waals surface area contributed by atoms with Crippen LogP contribution in [0.3, 0.4) is 0 Å². The summed E-state index contributed by atoms with van der Waals surface area (Å²) in [4.78, 5) is 23.9. The highest BCUT2D eigenvalue weighted by molar-refractivity contribution is 5.71. The third-order valence-corrected chi connectivity index (χ3v) is 11.0. The van der Waals surface area contributed by atoms with Gasteiger partial charge in [-0.25, -0.2) is 43.6 Å². The third kappa shape index (κ3) is 11.2. The molecule has 9 rings (SSSR count). The molecule has 6 heterocycles. The summed E-state index contributed by atoms with van der Waals surface area (Å²) >= 11 is 0. The van der Waals surface area contributed by atoms with E-state index in [0.29, 0.717) is 11.1 Å². The lowest BCUT2D eigenvalue weighted by atomic mass is 10.0. The van der Waals surface area contributed by atoms with Gasteiger partial charge in [0.05, 0.1) is 0 Å². The lowest BCUT2D eigenvalue weighted by molar-refractivity contribution is -0.660. The van der Waals surface area contributed by atoms with Gasteiger partial charge in [0, 0.05) is 140 Å². The van der Waals surface area contributed by atoms with Crippen LogP contribution in [0.25, 0.3) is 67.2 Å². The van der Waals surface area contributed by atoms with E-state index < -0.39 is 45.5 Å². The van der Waals surface area contributed by atoms with E-state index in [4.69, 9.17) is 20.6 Å². The first-order chi connectivity index (χ1) is 37.8. The molecule has 6 aromatic heterocycles. The van der Waals surface area contributed by atoms with Crippen LogP contribution in [0, 0.1) is 27.6 Å². The number of nitrogens with zero attached hydrogens (tertiary/aromatic N) is 9. The Morgan fingerprint density at radius 3 is 1.20 bits per heavy atom. The minimum absolute atomic E-state index is 0.133. The van der Waals surface area contributed by atoms with Crippen LogP contribution in [0.15, 0.2) is 165 Å². The number of benzene rings is 3. The summed E-state index contributed by atoms with van der Waals surface area (Å²) in [5.74, 6) is -3.93. The van der Waals surface area contributed by atoms with E-state index in [0.717, 1.165) is 67.2 Å². The molecular weight excluding hydrogens is 811 g/mol. The van der Waals surface area contributed by atoms with Gasteiger partial charge in [0.25, 0.3) is 0 Å². The molecule has 3 aromatic carbocycles. The zero-order valence-electron chi connectivity index (χ0n) is 52.6. The summed E-state index contributed by atoms with van der Waals surface area (Å²) in [6, 6.07) is 36.1. The molecule has 0 atom stereocenters. The molecule has 66 heavy (non-hydrogen) atoms. The molecule has 0 saturated carbocycles. The van der Waals surface area contributed by atoms with Crippen molar-refractivity contribution in [1.82, 2.24) is 29.9 Å². The second kappa shape index (κ2) is 21.4. The number of aryl methyl sites for hydroxylation is 8. The van der Waals surface area contributed by atoms with E-state index in [1.54, 1.807) is 12.4 Å². The van der Waals surface area contributed by atoms with Crippen molar-refractivity contribution in [1.29, 1.82) is 0 Å². The minimum Gasteiger partial charge on any atom is -0.241 e. The minimum atomic E-state index is -3.11. The lowest BCUT2D eigenvalue weighted by Crippen LogP contribution is -2.30. The van der Waals surface area contributed by atoms with Gasteiger partial charge >= 0.3 is 0 Å². The smallest absolute Gasteiger partial charge is 0.213 e. The Bertz CT molecular complexity index is 3640. The molecule has 0 spiro atoms. The van der Waals surface area contributed by atoms with E-state index >= 15 is 0 Å². The van der Waals surface area contributed by atoms with Gasteiger partial charge in [-0.15, -0.1) is 0 Å². The fourth-order valence-corrected chi connectivity index (χ4v) is 7.26. The van der Waals surface area contributed by atoms with Crippen LogP contribution in [0.5, 0.6) is 0 Å². The number of hydrogen-bond donors (Lipinski definition) is 0. The van der Waals surface area contributed by atoms with Crippen molar-refractivity contribution in [3.63, 3.8) is 0 Å². The molecule has 0 fully saturated rings. The molecule has 0 aliphatic carbocycles. The largest absolute Gasteiger partial charge is 0.241 e. The molecule has 0 bridgehead atoms. The van der Waals surface area contributed by atoms with Crippen LogP contribution in [0.4, 0.5) is 0 Å². The highest BCUT2D eigenvalue weighted by atomic mass is 14.9. The maximum absolute atomic E-state index is 8.18. The lowest BCUT2D eigenvalue weighted by Gasteiger charge is -2.08. The van der Waals surface area contributed by atoms with Gasteiger partial charge in [0.2, 0.25) is 17.1 Å². The molecule has 9 aromatic rings. The maximum Gasteiger partial charge on any atom is 0.213 e. The van der Waals surface area contributed by atoms with E-state index in [-0.39, 0.29) is 11.6 Å². The van der Waals surface area contributed by atoms with E-state index in [9.17, 15) is 0 Å². The molecule has 9 nitrogen and oxygen atoms in total. The van der Waals surface area contributed by atoms with Crippen LogP contribution in [0.1, 0.15) is 81.2 Å². The molecular formula is C57H60N9+3. The predicted octanol–water partition coefficient (Wildman–Crippen LogP) is 10.8. The van der Waals surface area contributed by atoms with Gasteiger partial charge in [-0.3, -0.25) is 0 Å². The van der Waals surface area contributed by atoms with Gasteiger partial charge in [-0.05, 0) is 79.2 Å². The molecule has 0 aliphatic rings. The highest BCUT2D eigenvalue weighted by Crippen LogP contribution is 2.28. The third-order valence-electron chi connectivity index (χ3n) is 11.0. The molecule has 0 radical (unpaired) electrons. The van der Waals surface area contributed by atoms with Gasteiger partial charge in [-0.1, -0.05) is 75.2 Å². The van der Waals surface area contributed by atoms with Crippen molar-refractivity contribution in [3.05, 3.63) is 199 Å². The van der Waals surface area contributed by atoms with Crippen molar-refractivity contribution in [2.45, 2.75) is 60.4 Å². The topological polar surface area (TPSA) is 89.0 Å². The first-order valence-corrected chi connectivity index (χ1v) is 21.0. The quantitative estimate of drug-likeness (QED) is 0.141. The second-order valence-corrected chi connectivity index (χ2v) is 15.6. The van der Waals surface area contributed by atoms with E-state index in [1.807, 2.05) is 135 Å². The Balaban J connectivity index is 0.000000176. The normalized spacial score (nSPS) is 15.3. The van der Waals surface area contributed by atoms with Gasteiger partial charge < -0.3 is 0 Å². The molecule has 0 N–H and O–H groups in total. The Hall–Kier alpha value is -7.65. The average molecular weight is 886 g/mol.